The minimum atomic E-state index is -0.519. The second-order valence-electron chi connectivity index (χ2n) is 5.06. The molecule has 19 heavy (non-hydrogen) atoms. The highest BCUT2D eigenvalue weighted by atomic mass is 16.5. The molecule has 1 N–H and O–H groups in total. The van der Waals surface area contributed by atoms with Crippen molar-refractivity contribution in [2.24, 2.45) is 0 Å². The first-order valence-electron chi connectivity index (χ1n) is 6.76. The number of amides is 1. The molecule has 1 aromatic carbocycles. The van der Waals surface area contributed by atoms with E-state index in [2.05, 4.69) is 0 Å². The Kier molecular flexibility index (Phi) is 4.43. The Hall–Kier alpha value is -1.55. The van der Waals surface area contributed by atoms with Gasteiger partial charge in [-0.25, -0.2) is 0 Å². The van der Waals surface area contributed by atoms with Crippen LogP contribution in [-0.4, -0.2) is 41.2 Å². The number of nitrogens with zero attached hydrogens (tertiary/aromatic N) is 1. The SMILES string of the molecule is Cc1cccc(OC(C)C(=O)N(CCO)C2CC2)c1. The Morgan fingerprint density at radius 2 is 2.26 bits per heavy atom. The quantitative estimate of drug-likeness (QED) is 0.850. The maximum Gasteiger partial charge on any atom is 0.263 e. The summed E-state index contributed by atoms with van der Waals surface area (Å²) in [6.45, 7) is 4.14. The summed E-state index contributed by atoms with van der Waals surface area (Å²) in [5.74, 6) is 0.665. The summed E-state index contributed by atoms with van der Waals surface area (Å²) in [6.07, 6.45) is 1.54. The molecule has 1 saturated carbocycles. The van der Waals surface area contributed by atoms with E-state index in [1.165, 1.54) is 0 Å². The van der Waals surface area contributed by atoms with Crippen molar-refractivity contribution in [2.75, 3.05) is 13.2 Å². The standard InChI is InChI=1S/C15H21NO3/c1-11-4-3-5-14(10-11)19-12(2)15(18)16(8-9-17)13-6-7-13/h3-5,10,12-13,17H,6-9H2,1-2H3. The third-order valence-electron chi connectivity index (χ3n) is 3.26. The third-order valence-corrected chi connectivity index (χ3v) is 3.26. The van der Waals surface area contributed by atoms with Gasteiger partial charge in [0.25, 0.3) is 5.91 Å². The number of carbonyl (C=O) groups excluding carboxylic acids is 1. The Morgan fingerprint density at radius 3 is 2.84 bits per heavy atom. The van der Waals surface area contributed by atoms with Crippen molar-refractivity contribution in [3.8, 4) is 5.75 Å². The molecule has 1 atom stereocenters. The number of aliphatic hydroxyl groups excluding tert-OH is 1. The van der Waals surface area contributed by atoms with Crippen molar-refractivity contribution >= 4 is 5.91 Å². The lowest BCUT2D eigenvalue weighted by Gasteiger charge is -2.25. The molecule has 0 radical (unpaired) electrons. The van der Waals surface area contributed by atoms with Crippen LogP contribution in [-0.2, 0) is 4.79 Å². The molecule has 1 aliphatic carbocycles. The smallest absolute Gasteiger partial charge is 0.263 e. The normalized spacial score (nSPS) is 15.9. The number of aryl methyl sites for hydroxylation is 1. The molecule has 0 bridgehead atoms. The van der Waals surface area contributed by atoms with Crippen LogP contribution < -0.4 is 4.74 Å². The van der Waals surface area contributed by atoms with Crippen LogP contribution in [0.4, 0.5) is 0 Å². The van der Waals surface area contributed by atoms with Gasteiger partial charge in [0.2, 0.25) is 0 Å². The van der Waals surface area contributed by atoms with Gasteiger partial charge in [-0.1, -0.05) is 12.1 Å². The molecule has 1 unspecified atom stereocenters. The summed E-state index contributed by atoms with van der Waals surface area (Å²) in [5.41, 5.74) is 1.10. The lowest BCUT2D eigenvalue weighted by molar-refractivity contribution is -0.139. The first-order valence-corrected chi connectivity index (χ1v) is 6.76. The Labute approximate surface area is 114 Å². The number of rotatable bonds is 6. The second-order valence-corrected chi connectivity index (χ2v) is 5.06. The van der Waals surface area contributed by atoms with E-state index in [9.17, 15) is 4.79 Å². The van der Waals surface area contributed by atoms with E-state index in [-0.39, 0.29) is 12.5 Å². The fourth-order valence-corrected chi connectivity index (χ4v) is 2.14. The number of aliphatic hydroxyl groups is 1. The zero-order chi connectivity index (χ0) is 13.8. The Morgan fingerprint density at radius 1 is 1.53 bits per heavy atom. The van der Waals surface area contributed by atoms with Crippen LogP contribution in [0.25, 0.3) is 0 Å². The molecule has 4 heteroatoms. The van der Waals surface area contributed by atoms with Gasteiger partial charge < -0.3 is 14.7 Å². The summed E-state index contributed by atoms with van der Waals surface area (Å²) < 4.78 is 5.69. The fourth-order valence-electron chi connectivity index (χ4n) is 2.14. The van der Waals surface area contributed by atoms with Crippen LogP contribution in [0.15, 0.2) is 24.3 Å². The molecule has 104 valence electrons. The predicted molar refractivity (Wildman–Crippen MR) is 73.1 cm³/mol. The van der Waals surface area contributed by atoms with Crippen LogP contribution in [0.5, 0.6) is 5.75 Å². The summed E-state index contributed by atoms with van der Waals surface area (Å²) in [5, 5.41) is 9.04. The minimum Gasteiger partial charge on any atom is -0.481 e. The number of hydrogen-bond donors (Lipinski definition) is 1. The lowest BCUT2D eigenvalue weighted by atomic mass is 10.2. The van der Waals surface area contributed by atoms with E-state index in [1.807, 2.05) is 31.2 Å². The van der Waals surface area contributed by atoms with Crippen LogP contribution in [0.2, 0.25) is 0 Å². The number of hydrogen-bond acceptors (Lipinski definition) is 3. The summed E-state index contributed by atoms with van der Waals surface area (Å²) in [7, 11) is 0. The molecule has 0 aliphatic heterocycles. The zero-order valence-electron chi connectivity index (χ0n) is 11.5. The molecule has 1 amide bonds. The Bertz CT molecular complexity index is 443. The minimum absolute atomic E-state index is 0.000590. The van der Waals surface area contributed by atoms with Gasteiger partial charge in [0.15, 0.2) is 6.10 Å². The highest BCUT2D eigenvalue weighted by Gasteiger charge is 2.34. The fraction of sp³-hybridized carbons (Fsp3) is 0.533. The lowest BCUT2D eigenvalue weighted by Crippen LogP contribution is -2.43. The molecule has 1 aliphatic rings. The Balaban J connectivity index is 1.98. The van der Waals surface area contributed by atoms with Gasteiger partial charge in [-0.2, -0.15) is 0 Å². The van der Waals surface area contributed by atoms with Crippen molar-refractivity contribution in [3.63, 3.8) is 0 Å². The van der Waals surface area contributed by atoms with Crippen molar-refractivity contribution in [1.29, 1.82) is 0 Å². The number of carbonyl (C=O) groups is 1. The van der Waals surface area contributed by atoms with E-state index >= 15 is 0 Å². The van der Waals surface area contributed by atoms with Crippen LogP contribution in [0.1, 0.15) is 25.3 Å². The predicted octanol–water partition coefficient (Wildman–Crippen LogP) is 1.75. The molecular weight excluding hydrogens is 242 g/mol. The molecule has 0 heterocycles. The van der Waals surface area contributed by atoms with E-state index in [0.717, 1.165) is 18.4 Å². The van der Waals surface area contributed by atoms with Crippen molar-refractivity contribution in [1.82, 2.24) is 4.90 Å². The molecule has 4 nitrogen and oxygen atoms in total. The first kappa shape index (κ1) is 13.9. The summed E-state index contributed by atoms with van der Waals surface area (Å²) >= 11 is 0. The number of ether oxygens (including phenoxy) is 1. The second kappa shape index (κ2) is 6.06. The molecular formula is C15H21NO3. The molecule has 0 spiro atoms. The van der Waals surface area contributed by atoms with Gasteiger partial charge in [0, 0.05) is 12.6 Å². The van der Waals surface area contributed by atoms with Crippen LogP contribution in [0.3, 0.4) is 0 Å². The third kappa shape index (κ3) is 3.70. The molecule has 2 rings (SSSR count). The average Bonchev–Trinajstić information content (AvgIpc) is 3.19. The summed E-state index contributed by atoms with van der Waals surface area (Å²) in [4.78, 5) is 14.0. The van der Waals surface area contributed by atoms with Crippen molar-refractivity contribution in [2.45, 2.75) is 38.8 Å². The monoisotopic (exact) mass is 263 g/mol. The molecule has 0 aromatic heterocycles. The van der Waals surface area contributed by atoms with E-state index < -0.39 is 6.10 Å². The first-order chi connectivity index (χ1) is 9.11. The maximum atomic E-state index is 12.3. The highest BCUT2D eigenvalue weighted by molar-refractivity contribution is 5.81. The topological polar surface area (TPSA) is 49.8 Å². The van der Waals surface area contributed by atoms with Gasteiger partial charge in [0.05, 0.1) is 6.61 Å². The van der Waals surface area contributed by atoms with Crippen molar-refractivity contribution in [3.05, 3.63) is 29.8 Å². The van der Waals surface area contributed by atoms with Crippen LogP contribution in [0, 0.1) is 6.92 Å². The van der Waals surface area contributed by atoms with Gasteiger partial charge >= 0.3 is 0 Å². The maximum absolute atomic E-state index is 12.3. The molecule has 0 saturated heterocycles. The number of benzene rings is 1. The van der Waals surface area contributed by atoms with Crippen LogP contribution >= 0.6 is 0 Å². The molecule has 1 fully saturated rings. The van der Waals surface area contributed by atoms with Gasteiger partial charge in [-0.05, 0) is 44.4 Å². The summed E-state index contributed by atoms with van der Waals surface area (Å²) in [6, 6.07) is 7.96. The zero-order valence-corrected chi connectivity index (χ0v) is 11.5. The van der Waals surface area contributed by atoms with E-state index in [4.69, 9.17) is 9.84 Å². The van der Waals surface area contributed by atoms with E-state index in [1.54, 1.807) is 11.8 Å². The van der Waals surface area contributed by atoms with Gasteiger partial charge in [-0.15, -0.1) is 0 Å². The van der Waals surface area contributed by atoms with Crippen molar-refractivity contribution < 1.29 is 14.6 Å². The van der Waals surface area contributed by atoms with Gasteiger partial charge in [0.1, 0.15) is 5.75 Å². The average molecular weight is 263 g/mol. The molecule has 1 aromatic rings. The largest absolute Gasteiger partial charge is 0.481 e. The van der Waals surface area contributed by atoms with E-state index in [0.29, 0.717) is 18.3 Å². The highest BCUT2D eigenvalue weighted by Crippen LogP contribution is 2.27. The van der Waals surface area contributed by atoms with Gasteiger partial charge in [-0.3, -0.25) is 4.79 Å².